The van der Waals surface area contributed by atoms with Crippen molar-refractivity contribution in [3.63, 3.8) is 0 Å². The van der Waals surface area contributed by atoms with Crippen LogP contribution in [-0.2, 0) is 13.6 Å². The highest BCUT2D eigenvalue weighted by molar-refractivity contribution is 7.54. The zero-order valence-corrected chi connectivity index (χ0v) is 12.6. The smallest absolute Gasteiger partial charge is 0.309 e. The topological polar surface area (TPSA) is 35.5 Å². The molecule has 0 unspecified atom stereocenters. The van der Waals surface area contributed by atoms with Gasteiger partial charge in [-0.25, -0.2) is 0 Å². The Bertz CT molecular complexity index is 251. The lowest BCUT2D eigenvalue weighted by Crippen LogP contribution is -2.01. The molecule has 4 heteroatoms. The Morgan fingerprint density at radius 1 is 1.12 bits per heavy atom. The van der Waals surface area contributed by atoms with Crippen LogP contribution in [0.15, 0.2) is 11.6 Å². The molecule has 0 N–H and O–H groups in total. The molecule has 0 heterocycles. The summed E-state index contributed by atoms with van der Waals surface area (Å²) in [7, 11) is -2.90. The molecule has 0 spiro atoms. The molecule has 0 rings (SSSR count). The maximum absolute atomic E-state index is 12.2. The quantitative estimate of drug-likeness (QED) is 0.323. The molecule has 102 valence electrons. The third-order valence-corrected chi connectivity index (χ3v) is 4.58. The maximum atomic E-state index is 12.2. The molecule has 0 fully saturated rings. The van der Waals surface area contributed by atoms with E-state index < -0.39 is 7.60 Å². The lowest BCUT2D eigenvalue weighted by molar-refractivity contribution is 0.222. The number of allylic oxidation sites excluding steroid dienone is 2. The Balaban J connectivity index is 4.19. The van der Waals surface area contributed by atoms with Gasteiger partial charge in [0.15, 0.2) is 0 Å². The third kappa shape index (κ3) is 8.59. The van der Waals surface area contributed by atoms with Gasteiger partial charge in [-0.2, -0.15) is 0 Å². The number of unbranched alkanes of at least 4 members (excludes halogenated alkanes) is 3. The molecule has 0 amide bonds. The van der Waals surface area contributed by atoms with Crippen LogP contribution in [0.5, 0.6) is 0 Å². The first-order valence-electron chi connectivity index (χ1n) is 6.61. The van der Waals surface area contributed by atoms with E-state index in [0.29, 0.717) is 19.4 Å². The number of hydrogen-bond donors (Lipinski definition) is 0. The predicted octanol–water partition coefficient (Wildman–Crippen LogP) is 4.78. The Morgan fingerprint density at radius 3 is 2.18 bits per heavy atom. The van der Waals surface area contributed by atoms with Gasteiger partial charge in [0.2, 0.25) is 0 Å². The lowest BCUT2D eigenvalue weighted by atomic mass is 10.1. The van der Waals surface area contributed by atoms with Crippen LogP contribution in [0, 0.1) is 0 Å². The van der Waals surface area contributed by atoms with Gasteiger partial charge in [0.05, 0.1) is 19.4 Å². The molecule has 0 radical (unpaired) electrons. The first-order chi connectivity index (χ1) is 8.08. The SMILES string of the molecule is CCCCC/C=C(\C)CP(=O)(OCC)OCC. The number of hydrogen-bond acceptors (Lipinski definition) is 3. The van der Waals surface area contributed by atoms with Gasteiger partial charge in [0, 0.05) is 0 Å². The van der Waals surface area contributed by atoms with Gasteiger partial charge in [-0.1, -0.05) is 31.4 Å². The number of rotatable bonds is 10. The van der Waals surface area contributed by atoms with Crippen molar-refractivity contribution in [3.05, 3.63) is 11.6 Å². The normalized spacial score (nSPS) is 13.1. The Kier molecular flexibility index (Phi) is 9.81. The summed E-state index contributed by atoms with van der Waals surface area (Å²) >= 11 is 0. The second-order valence-corrected chi connectivity index (χ2v) is 6.21. The van der Waals surface area contributed by atoms with Crippen molar-refractivity contribution in [1.82, 2.24) is 0 Å². The van der Waals surface area contributed by atoms with Gasteiger partial charge in [-0.3, -0.25) is 4.57 Å². The van der Waals surface area contributed by atoms with Crippen molar-refractivity contribution in [2.45, 2.75) is 53.4 Å². The fourth-order valence-corrected chi connectivity index (χ4v) is 3.42. The van der Waals surface area contributed by atoms with Crippen LogP contribution in [0.1, 0.15) is 53.4 Å². The zero-order chi connectivity index (χ0) is 13.1. The Labute approximate surface area is 106 Å². The van der Waals surface area contributed by atoms with Crippen LogP contribution in [-0.4, -0.2) is 19.4 Å². The fraction of sp³-hybridized carbons (Fsp3) is 0.846. The van der Waals surface area contributed by atoms with Gasteiger partial charge in [-0.15, -0.1) is 0 Å². The van der Waals surface area contributed by atoms with E-state index in [1.165, 1.54) is 19.3 Å². The molecule has 17 heavy (non-hydrogen) atoms. The molecule has 0 bridgehead atoms. The van der Waals surface area contributed by atoms with E-state index in [1.807, 2.05) is 20.8 Å². The molecule has 0 atom stereocenters. The van der Waals surface area contributed by atoms with Crippen molar-refractivity contribution in [3.8, 4) is 0 Å². The molecule has 0 aliphatic heterocycles. The molecule has 0 aromatic carbocycles. The predicted molar refractivity (Wildman–Crippen MR) is 73.6 cm³/mol. The standard InChI is InChI=1S/C13H27O3P/c1-5-8-9-10-11-13(4)12-17(14,15-6-2)16-7-3/h11H,5-10,12H2,1-4H3/b13-11+. The lowest BCUT2D eigenvalue weighted by Gasteiger charge is -2.17. The molecule has 0 saturated carbocycles. The summed E-state index contributed by atoms with van der Waals surface area (Å²) in [5.41, 5.74) is 1.10. The van der Waals surface area contributed by atoms with Gasteiger partial charge in [-0.05, 0) is 33.6 Å². The van der Waals surface area contributed by atoms with Crippen molar-refractivity contribution >= 4 is 7.60 Å². The van der Waals surface area contributed by atoms with E-state index in [4.69, 9.17) is 9.05 Å². The molecule has 3 nitrogen and oxygen atoms in total. The van der Waals surface area contributed by atoms with E-state index >= 15 is 0 Å². The van der Waals surface area contributed by atoms with Crippen LogP contribution in [0.2, 0.25) is 0 Å². The molecular weight excluding hydrogens is 235 g/mol. The Morgan fingerprint density at radius 2 is 1.71 bits per heavy atom. The molecular formula is C13H27O3P. The van der Waals surface area contributed by atoms with E-state index in [2.05, 4.69) is 13.0 Å². The van der Waals surface area contributed by atoms with Crippen molar-refractivity contribution in [1.29, 1.82) is 0 Å². The third-order valence-electron chi connectivity index (χ3n) is 2.40. The minimum absolute atomic E-state index is 0.417. The zero-order valence-electron chi connectivity index (χ0n) is 11.7. The molecule has 0 aliphatic rings. The molecule has 0 aromatic heterocycles. The van der Waals surface area contributed by atoms with Crippen LogP contribution in [0.25, 0.3) is 0 Å². The van der Waals surface area contributed by atoms with Gasteiger partial charge >= 0.3 is 7.60 Å². The summed E-state index contributed by atoms with van der Waals surface area (Å²) in [6, 6.07) is 0. The summed E-state index contributed by atoms with van der Waals surface area (Å²) < 4.78 is 22.7. The summed E-state index contributed by atoms with van der Waals surface area (Å²) in [5.74, 6) is 0. The highest BCUT2D eigenvalue weighted by atomic mass is 31.2. The Hall–Kier alpha value is -0.110. The monoisotopic (exact) mass is 262 g/mol. The molecule has 0 saturated heterocycles. The summed E-state index contributed by atoms with van der Waals surface area (Å²) in [5, 5.41) is 0. The largest absolute Gasteiger partial charge is 0.334 e. The fourth-order valence-electron chi connectivity index (χ4n) is 1.63. The first-order valence-corrected chi connectivity index (χ1v) is 8.34. The van der Waals surface area contributed by atoms with E-state index in [-0.39, 0.29) is 0 Å². The minimum atomic E-state index is -2.90. The second-order valence-electron chi connectivity index (χ2n) is 4.15. The average molecular weight is 262 g/mol. The van der Waals surface area contributed by atoms with Crippen LogP contribution < -0.4 is 0 Å². The first kappa shape index (κ1) is 16.9. The molecule has 0 aliphatic carbocycles. The maximum Gasteiger partial charge on any atom is 0.334 e. The van der Waals surface area contributed by atoms with Crippen LogP contribution in [0.3, 0.4) is 0 Å². The van der Waals surface area contributed by atoms with Crippen molar-refractivity contribution in [2.24, 2.45) is 0 Å². The second kappa shape index (κ2) is 9.87. The summed E-state index contributed by atoms with van der Waals surface area (Å²) in [6.45, 7) is 8.73. The van der Waals surface area contributed by atoms with Crippen molar-refractivity contribution < 1.29 is 13.6 Å². The average Bonchev–Trinajstić information content (AvgIpc) is 2.24. The van der Waals surface area contributed by atoms with E-state index in [1.54, 1.807) is 0 Å². The van der Waals surface area contributed by atoms with Gasteiger partial charge in [0.25, 0.3) is 0 Å². The van der Waals surface area contributed by atoms with Gasteiger partial charge < -0.3 is 9.05 Å². The summed E-state index contributed by atoms with van der Waals surface area (Å²) in [4.78, 5) is 0. The minimum Gasteiger partial charge on any atom is -0.309 e. The van der Waals surface area contributed by atoms with Crippen molar-refractivity contribution in [2.75, 3.05) is 19.4 Å². The van der Waals surface area contributed by atoms with Crippen LogP contribution in [0.4, 0.5) is 0 Å². The highest BCUT2D eigenvalue weighted by Crippen LogP contribution is 2.49. The van der Waals surface area contributed by atoms with E-state index in [9.17, 15) is 4.57 Å². The van der Waals surface area contributed by atoms with Gasteiger partial charge in [0.1, 0.15) is 0 Å². The highest BCUT2D eigenvalue weighted by Gasteiger charge is 2.23. The summed E-state index contributed by atoms with van der Waals surface area (Å²) in [6.07, 6.45) is 7.29. The van der Waals surface area contributed by atoms with Crippen LogP contribution >= 0.6 is 7.60 Å². The molecule has 0 aromatic rings. The van der Waals surface area contributed by atoms with E-state index in [0.717, 1.165) is 12.0 Å².